The van der Waals surface area contributed by atoms with Crippen molar-refractivity contribution in [1.29, 1.82) is 0 Å². The van der Waals surface area contributed by atoms with E-state index in [2.05, 4.69) is 4.18 Å². The summed E-state index contributed by atoms with van der Waals surface area (Å²) in [6.07, 6.45) is -1.23. The SMILES string of the molecule is CC(OS(=O)(=O)C(F)(F)F)C(=O)N1CCC[C@H]1C(=O)OCc1ccccc1. The second-order valence-corrected chi connectivity index (χ2v) is 7.48. The molecule has 1 aliphatic rings. The number of halogens is 3. The van der Waals surface area contributed by atoms with Gasteiger partial charge >= 0.3 is 21.6 Å². The van der Waals surface area contributed by atoms with Gasteiger partial charge in [0.25, 0.3) is 5.91 Å². The molecule has 2 atom stereocenters. The zero-order chi connectivity index (χ0) is 20.2. The number of benzene rings is 1. The van der Waals surface area contributed by atoms with Crippen LogP contribution in [0, 0.1) is 0 Å². The molecule has 1 heterocycles. The zero-order valence-electron chi connectivity index (χ0n) is 14.3. The number of alkyl halides is 3. The average Bonchev–Trinajstić information content (AvgIpc) is 3.08. The number of ether oxygens (including phenoxy) is 1. The minimum Gasteiger partial charge on any atom is -0.459 e. The van der Waals surface area contributed by atoms with E-state index >= 15 is 0 Å². The molecule has 1 saturated heterocycles. The number of carbonyl (C=O) groups excluding carboxylic acids is 2. The predicted molar refractivity (Wildman–Crippen MR) is 86.5 cm³/mol. The summed E-state index contributed by atoms with van der Waals surface area (Å²) < 4.78 is 68.4. The monoisotopic (exact) mass is 409 g/mol. The van der Waals surface area contributed by atoms with Crippen molar-refractivity contribution < 1.29 is 40.1 Å². The lowest BCUT2D eigenvalue weighted by molar-refractivity contribution is -0.156. The van der Waals surface area contributed by atoms with Crippen molar-refractivity contribution in [2.24, 2.45) is 0 Å². The van der Waals surface area contributed by atoms with E-state index in [4.69, 9.17) is 4.74 Å². The van der Waals surface area contributed by atoms with Crippen molar-refractivity contribution in [3.05, 3.63) is 35.9 Å². The second kappa shape index (κ2) is 8.26. The summed E-state index contributed by atoms with van der Waals surface area (Å²) in [7, 11) is -5.92. The van der Waals surface area contributed by atoms with Gasteiger partial charge in [-0.3, -0.25) is 8.98 Å². The molecule has 0 aromatic heterocycles. The first-order valence-electron chi connectivity index (χ1n) is 8.03. The van der Waals surface area contributed by atoms with Crippen molar-refractivity contribution in [3.8, 4) is 0 Å². The smallest absolute Gasteiger partial charge is 0.459 e. The van der Waals surface area contributed by atoms with Gasteiger partial charge in [0.05, 0.1) is 0 Å². The van der Waals surface area contributed by atoms with Crippen LogP contribution in [0.1, 0.15) is 25.3 Å². The highest BCUT2D eigenvalue weighted by atomic mass is 32.2. The molecular formula is C16H18F3NO6S. The van der Waals surface area contributed by atoms with Crippen molar-refractivity contribution >= 4 is 22.0 Å². The maximum absolute atomic E-state index is 12.4. The second-order valence-electron chi connectivity index (χ2n) is 5.92. The van der Waals surface area contributed by atoms with Crippen molar-refractivity contribution in [2.75, 3.05) is 6.54 Å². The van der Waals surface area contributed by atoms with Crippen LogP contribution in [0.3, 0.4) is 0 Å². The van der Waals surface area contributed by atoms with Crippen LogP contribution in [0.4, 0.5) is 13.2 Å². The Morgan fingerprint density at radius 2 is 1.89 bits per heavy atom. The van der Waals surface area contributed by atoms with Gasteiger partial charge in [0, 0.05) is 6.54 Å². The van der Waals surface area contributed by atoms with E-state index in [1.165, 1.54) is 0 Å². The molecule has 7 nitrogen and oxygen atoms in total. The number of rotatable bonds is 6. The van der Waals surface area contributed by atoms with Gasteiger partial charge in [0.15, 0.2) is 6.10 Å². The van der Waals surface area contributed by atoms with Gasteiger partial charge in [-0.1, -0.05) is 30.3 Å². The molecule has 1 amide bonds. The Labute approximate surface area is 154 Å². The maximum atomic E-state index is 12.4. The highest BCUT2D eigenvalue weighted by molar-refractivity contribution is 7.87. The highest BCUT2D eigenvalue weighted by Crippen LogP contribution is 2.27. The Hall–Kier alpha value is -2.14. The third kappa shape index (κ3) is 5.19. The first kappa shape index (κ1) is 21.2. The summed E-state index contributed by atoms with van der Waals surface area (Å²) in [6, 6.07) is 7.79. The number of nitrogens with zero attached hydrogens (tertiary/aromatic N) is 1. The third-order valence-corrected chi connectivity index (χ3v) is 5.04. The summed E-state index contributed by atoms with van der Waals surface area (Å²) in [4.78, 5) is 25.5. The standard InChI is InChI=1S/C16H18F3NO6S/c1-11(26-27(23,24)16(17,18)19)14(21)20-9-5-8-13(20)15(22)25-10-12-6-3-2-4-7-12/h2-4,6-7,11,13H,5,8-10H2,1H3/t11?,13-/m0/s1. The Kier molecular flexibility index (Phi) is 6.47. The van der Waals surface area contributed by atoms with Gasteiger partial charge in [0.1, 0.15) is 12.6 Å². The molecule has 1 aliphatic heterocycles. The Morgan fingerprint density at radius 1 is 1.26 bits per heavy atom. The molecule has 0 spiro atoms. The molecule has 0 aliphatic carbocycles. The van der Waals surface area contributed by atoms with E-state index in [0.717, 1.165) is 17.4 Å². The van der Waals surface area contributed by atoms with E-state index < -0.39 is 39.6 Å². The number of amides is 1. The molecule has 1 aromatic rings. The molecular weight excluding hydrogens is 391 g/mol. The fourth-order valence-corrected chi connectivity index (χ4v) is 3.19. The molecule has 11 heteroatoms. The van der Waals surface area contributed by atoms with E-state index in [9.17, 15) is 31.2 Å². The Morgan fingerprint density at radius 3 is 2.48 bits per heavy atom. The first-order valence-corrected chi connectivity index (χ1v) is 9.44. The molecule has 0 radical (unpaired) electrons. The number of likely N-dealkylation sites (tertiary alicyclic amines) is 1. The molecule has 1 aromatic carbocycles. The van der Waals surface area contributed by atoms with Crippen molar-refractivity contribution in [2.45, 2.75) is 44.0 Å². The largest absolute Gasteiger partial charge is 0.523 e. The quantitative estimate of drug-likeness (QED) is 0.406. The summed E-state index contributed by atoms with van der Waals surface area (Å²) in [5.41, 5.74) is -4.91. The Balaban J connectivity index is 1.99. The van der Waals surface area contributed by atoms with Crippen LogP contribution >= 0.6 is 0 Å². The van der Waals surface area contributed by atoms with Crippen LogP contribution in [0.5, 0.6) is 0 Å². The van der Waals surface area contributed by atoms with Gasteiger partial charge in [-0.25, -0.2) is 4.79 Å². The van der Waals surface area contributed by atoms with E-state index in [-0.39, 0.29) is 19.6 Å². The minimum atomic E-state index is -5.92. The number of hydrogen-bond donors (Lipinski definition) is 0. The van der Waals surface area contributed by atoms with Crippen molar-refractivity contribution in [1.82, 2.24) is 4.90 Å². The predicted octanol–water partition coefficient (Wildman–Crippen LogP) is 1.98. The molecule has 1 unspecified atom stereocenters. The molecule has 2 rings (SSSR count). The van der Waals surface area contributed by atoms with Gasteiger partial charge < -0.3 is 9.64 Å². The van der Waals surface area contributed by atoms with Gasteiger partial charge in [-0.05, 0) is 25.3 Å². The fraction of sp³-hybridized carbons (Fsp3) is 0.500. The topological polar surface area (TPSA) is 90.0 Å². The van der Waals surface area contributed by atoms with Crippen LogP contribution < -0.4 is 0 Å². The van der Waals surface area contributed by atoms with Crippen LogP contribution in [-0.2, 0) is 35.2 Å². The normalized spacial score (nSPS) is 19.0. The van der Waals surface area contributed by atoms with Gasteiger partial charge in [-0.2, -0.15) is 21.6 Å². The summed E-state index contributed by atoms with van der Waals surface area (Å²) in [5, 5.41) is 0. The lowest BCUT2D eigenvalue weighted by Crippen LogP contribution is -2.47. The van der Waals surface area contributed by atoms with Crippen LogP contribution in [-0.4, -0.2) is 49.4 Å². The average molecular weight is 409 g/mol. The van der Waals surface area contributed by atoms with Crippen LogP contribution in [0.15, 0.2) is 30.3 Å². The summed E-state index contributed by atoms with van der Waals surface area (Å²) >= 11 is 0. The van der Waals surface area contributed by atoms with Gasteiger partial charge in [0.2, 0.25) is 0 Å². The minimum absolute atomic E-state index is 0.0211. The van der Waals surface area contributed by atoms with Crippen molar-refractivity contribution in [3.63, 3.8) is 0 Å². The lowest BCUT2D eigenvalue weighted by atomic mass is 10.2. The molecule has 0 bridgehead atoms. The molecule has 150 valence electrons. The number of hydrogen-bond acceptors (Lipinski definition) is 6. The number of esters is 1. The van der Waals surface area contributed by atoms with Crippen LogP contribution in [0.2, 0.25) is 0 Å². The van der Waals surface area contributed by atoms with Crippen LogP contribution in [0.25, 0.3) is 0 Å². The zero-order valence-corrected chi connectivity index (χ0v) is 15.1. The fourth-order valence-electron chi connectivity index (χ4n) is 2.62. The first-order chi connectivity index (χ1) is 12.5. The highest BCUT2D eigenvalue weighted by Gasteiger charge is 2.49. The molecule has 1 fully saturated rings. The molecule has 0 saturated carbocycles. The Bertz CT molecular complexity index is 781. The third-order valence-electron chi connectivity index (χ3n) is 3.93. The summed E-state index contributed by atoms with van der Waals surface area (Å²) in [6.45, 7) is 0.951. The maximum Gasteiger partial charge on any atom is 0.523 e. The van der Waals surface area contributed by atoms with E-state index in [1.807, 2.05) is 0 Å². The van der Waals surface area contributed by atoms with Gasteiger partial charge in [-0.15, -0.1) is 0 Å². The lowest BCUT2D eigenvalue weighted by Gasteiger charge is -2.26. The molecule has 0 N–H and O–H groups in total. The summed E-state index contributed by atoms with van der Waals surface area (Å²) in [5.74, 6) is -1.74. The van der Waals surface area contributed by atoms with E-state index in [1.54, 1.807) is 30.3 Å². The molecule has 27 heavy (non-hydrogen) atoms. The number of carbonyl (C=O) groups is 2. The van der Waals surface area contributed by atoms with E-state index in [0.29, 0.717) is 6.42 Å².